The van der Waals surface area contributed by atoms with Gasteiger partial charge in [-0.15, -0.1) is 0 Å². The van der Waals surface area contributed by atoms with E-state index in [0.29, 0.717) is 0 Å². The maximum Gasteiger partial charge on any atom is 0.459 e. The average molecular weight is 639 g/mol. The van der Waals surface area contributed by atoms with Crippen LogP contribution in [0.25, 0.3) is 0 Å². The number of hydrogen-bond acceptors (Lipinski definition) is 13. The summed E-state index contributed by atoms with van der Waals surface area (Å²) >= 11 is 0. The fourth-order valence-corrected chi connectivity index (χ4v) is 6.08. The normalized spacial score (nSPS) is 25.7. The second-order valence-corrected chi connectivity index (χ2v) is 12.0. The minimum atomic E-state index is -4.46. The van der Waals surface area contributed by atoms with E-state index in [0.717, 1.165) is 16.9 Å². The molecule has 1 saturated heterocycles. The minimum absolute atomic E-state index is 0.0489. The summed E-state index contributed by atoms with van der Waals surface area (Å²) in [6, 6.07) is 17.8. The number of nitriles is 1. The third kappa shape index (κ3) is 7.84. The first-order valence-electron chi connectivity index (χ1n) is 14.0. The van der Waals surface area contributed by atoms with E-state index in [9.17, 15) is 24.8 Å². The zero-order chi connectivity index (χ0) is 32.6. The summed E-state index contributed by atoms with van der Waals surface area (Å²) in [5.41, 5.74) is 4.50. The van der Waals surface area contributed by atoms with Crippen LogP contribution in [0.1, 0.15) is 19.4 Å². The van der Waals surface area contributed by atoms with Gasteiger partial charge in [-0.1, -0.05) is 61.2 Å². The number of nitrogens with two attached hydrogens (primary N) is 1. The highest BCUT2D eigenvalue weighted by atomic mass is 31.2. The second kappa shape index (κ2) is 14.6. The van der Waals surface area contributed by atoms with E-state index in [2.05, 4.69) is 21.8 Å². The van der Waals surface area contributed by atoms with Crippen LogP contribution in [0.2, 0.25) is 0 Å². The van der Waals surface area contributed by atoms with Crippen molar-refractivity contribution in [1.29, 1.82) is 5.26 Å². The molecule has 5 N–H and O–H groups in total. The summed E-state index contributed by atoms with van der Waals surface area (Å²) < 4.78 is 37.1. The molecule has 14 nitrogen and oxygen atoms in total. The molecular formula is C30H35N6O8P. The second-order valence-electron chi connectivity index (χ2n) is 10.3. The number of esters is 1. The Morgan fingerprint density at radius 2 is 1.91 bits per heavy atom. The lowest BCUT2D eigenvalue weighted by molar-refractivity contribution is -0.149. The van der Waals surface area contributed by atoms with Crippen molar-refractivity contribution in [3.05, 3.63) is 90.7 Å². The first-order chi connectivity index (χ1) is 21.5. The van der Waals surface area contributed by atoms with Crippen molar-refractivity contribution in [2.45, 2.75) is 56.5 Å². The van der Waals surface area contributed by atoms with E-state index in [4.69, 9.17) is 24.3 Å². The molecule has 2 aromatic carbocycles. The van der Waals surface area contributed by atoms with Gasteiger partial charge in [0.1, 0.15) is 48.2 Å². The topological polar surface area (TPSA) is 201 Å². The Kier molecular flexibility index (Phi) is 10.9. The molecule has 2 aromatic rings. The average Bonchev–Trinajstić information content (AvgIpc) is 3.27. The zero-order valence-electron chi connectivity index (χ0n) is 24.7. The molecular weight excluding hydrogens is 603 g/mol. The van der Waals surface area contributed by atoms with Crippen LogP contribution in [0.3, 0.4) is 0 Å². The van der Waals surface area contributed by atoms with Crippen LogP contribution in [0, 0.1) is 11.3 Å². The molecule has 15 heteroatoms. The molecule has 2 heterocycles. The number of aliphatic imine (C=N–C) groups is 1. The van der Waals surface area contributed by atoms with Crippen LogP contribution < -0.4 is 15.3 Å². The molecule has 1 unspecified atom stereocenters. The molecule has 2 aliphatic rings. The number of hydrogen-bond donors (Lipinski definition) is 4. The number of aliphatic hydroxyl groups is 2. The van der Waals surface area contributed by atoms with E-state index in [1.807, 2.05) is 12.1 Å². The molecule has 238 valence electrons. The van der Waals surface area contributed by atoms with E-state index < -0.39 is 56.5 Å². The molecule has 45 heavy (non-hydrogen) atoms. The fourth-order valence-electron chi connectivity index (χ4n) is 4.58. The molecule has 0 radical (unpaired) electrons. The fraction of sp³-hybridized carbons (Fsp3) is 0.333. The van der Waals surface area contributed by atoms with Gasteiger partial charge in [0.15, 0.2) is 5.84 Å². The number of ether oxygens (including phenoxy) is 2. The summed E-state index contributed by atoms with van der Waals surface area (Å²) in [7, 11) is -4.46. The summed E-state index contributed by atoms with van der Waals surface area (Å²) in [6.45, 7) is 6.32. The summed E-state index contributed by atoms with van der Waals surface area (Å²) in [5, 5.41) is 39.9. The van der Waals surface area contributed by atoms with Crippen molar-refractivity contribution in [2.24, 2.45) is 15.8 Å². The maximum absolute atomic E-state index is 14.3. The quantitative estimate of drug-likeness (QED) is 0.185. The van der Waals surface area contributed by atoms with Crippen molar-refractivity contribution in [3.8, 4) is 11.8 Å². The molecule has 0 saturated carbocycles. The van der Waals surface area contributed by atoms with Gasteiger partial charge in [0.2, 0.25) is 0 Å². The molecule has 4 rings (SSSR count). The number of nitrogens with zero attached hydrogens (tertiary/aromatic N) is 4. The third-order valence-corrected chi connectivity index (χ3v) is 8.22. The van der Waals surface area contributed by atoms with Gasteiger partial charge in [0.25, 0.3) is 5.72 Å². The SMILES string of the molecule is C=C/C=C1/C(N)=NC=NN1[C@]1(C#N)O[C@H](COP(=O)(N[C@@H](Cc2ccccc2)C(=O)OC(C)C)Oc2ccccc2)[C@@H](O)[C@H]1O. The number of carbonyl (C=O) groups is 1. The van der Waals surface area contributed by atoms with Crippen LogP contribution in [-0.2, 0) is 29.8 Å². The molecule has 0 amide bonds. The third-order valence-electron chi connectivity index (χ3n) is 6.65. The molecule has 0 aliphatic carbocycles. The van der Waals surface area contributed by atoms with Crippen molar-refractivity contribution in [3.63, 3.8) is 0 Å². The predicted octanol–water partition coefficient (Wildman–Crippen LogP) is 2.37. The Morgan fingerprint density at radius 1 is 1.24 bits per heavy atom. The number of nitrogens with one attached hydrogen (secondary N) is 1. The van der Waals surface area contributed by atoms with E-state index >= 15 is 0 Å². The maximum atomic E-state index is 14.3. The van der Waals surface area contributed by atoms with Gasteiger partial charge in [0.05, 0.1) is 12.7 Å². The largest absolute Gasteiger partial charge is 0.462 e. The van der Waals surface area contributed by atoms with Gasteiger partial charge in [-0.25, -0.2) is 14.6 Å². The number of carbonyl (C=O) groups excluding carboxylic acids is 1. The highest BCUT2D eigenvalue weighted by molar-refractivity contribution is 7.52. The Balaban J connectivity index is 1.62. The molecule has 0 bridgehead atoms. The van der Waals surface area contributed by atoms with Crippen molar-refractivity contribution >= 4 is 25.9 Å². The number of benzene rings is 2. The van der Waals surface area contributed by atoms with Crippen molar-refractivity contribution < 1.29 is 38.1 Å². The van der Waals surface area contributed by atoms with Crippen LogP contribution in [0.4, 0.5) is 0 Å². The summed E-state index contributed by atoms with van der Waals surface area (Å²) in [6.07, 6.45) is -1.58. The molecule has 0 aromatic heterocycles. The summed E-state index contributed by atoms with van der Waals surface area (Å²) in [5.74, 6) is -0.596. The van der Waals surface area contributed by atoms with Crippen LogP contribution in [-0.4, -0.2) is 76.2 Å². The number of para-hydroxylation sites is 1. The lowest BCUT2D eigenvalue weighted by atomic mass is 10.0. The van der Waals surface area contributed by atoms with Gasteiger partial charge in [-0.3, -0.25) is 9.32 Å². The van der Waals surface area contributed by atoms with Crippen molar-refractivity contribution in [1.82, 2.24) is 10.1 Å². The standard InChI is InChI=1S/C30H35N6O8P/c1-4-11-24-28(32)33-19-34-36(24)30(18-31)27(38)26(37)25(43-30)17-41-45(40,44-22-14-9-6-10-15-22)35-23(29(39)42-20(2)3)16-21-12-7-5-8-13-21/h4-15,19-20,23,25-27,37-38H,1,16-17H2,2-3H3,(H,35,40)(H2,32,33,34)/b24-11-/t23-,25+,26+,27+,30+,45?/m0/s1. The van der Waals surface area contributed by atoms with Crippen molar-refractivity contribution in [2.75, 3.05) is 6.61 Å². The monoisotopic (exact) mass is 638 g/mol. The lowest BCUT2D eigenvalue weighted by Gasteiger charge is -2.36. The predicted molar refractivity (Wildman–Crippen MR) is 164 cm³/mol. The highest BCUT2D eigenvalue weighted by Gasteiger charge is 2.60. The van der Waals surface area contributed by atoms with Gasteiger partial charge in [-0.05, 0) is 44.0 Å². The number of rotatable bonds is 13. The zero-order valence-corrected chi connectivity index (χ0v) is 25.6. The molecule has 0 spiro atoms. The Labute approximate surface area is 260 Å². The Hall–Kier alpha value is -4.35. The van der Waals surface area contributed by atoms with Gasteiger partial charge in [0, 0.05) is 0 Å². The molecule has 2 aliphatic heterocycles. The number of aliphatic hydroxyl groups excluding tert-OH is 2. The van der Waals surface area contributed by atoms with Gasteiger partial charge < -0.3 is 29.9 Å². The number of amidine groups is 1. The molecule has 6 atom stereocenters. The van der Waals surface area contributed by atoms with Crippen LogP contribution >= 0.6 is 7.75 Å². The lowest BCUT2D eigenvalue weighted by Crippen LogP contribution is -2.55. The minimum Gasteiger partial charge on any atom is -0.462 e. The van der Waals surface area contributed by atoms with Gasteiger partial charge >= 0.3 is 13.7 Å². The van der Waals surface area contributed by atoms with E-state index in [1.165, 1.54) is 24.3 Å². The smallest absolute Gasteiger partial charge is 0.459 e. The van der Waals surface area contributed by atoms with E-state index in [1.54, 1.807) is 56.3 Å². The first kappa shape index (κ1) is 33.5. The number of hydrazone groups is 1. The molecule has 1 fully saturated rings. The first-order valence-corrected chi connectivity index (χ1v) is 15.5. The number of allylic oxidation sites excluding steroid dienone is 2. The van der Waals surface area contributed by atoms with Crippen LogP contribution in [0.5, 0.6) is 5.75 Å². The Morgan fingerprint density at radius 3 is 2.53 bits per heavy atom. The highest BCUT2D eigenvalue weighted by Crippen LogP contribution is 2.47. The summed E-state index contributed by atoms with van der Waals surface area (Å²) in [4.78, 5) is 17.0. The van der Waals surface area contributed by atoms with Crippen LogP contribution in [0.15, 0.2) is 95.2 Å². The Bertz CT molecular complexity index is 1530. The van der Waals surface area contributed by atoms with Gasteiger partial charge in [-0.2, -0.15) is 15.5 Å². The van der Waals surface area contributed by atoms with E-state index in [-0.39, 0.29) is 23.7 Å².